The Bertz CT molecular complexity index is 668. The molecular weight excluding hydrogens is 304 g/mol. The average molecular weight is 330 g/mol. The van der Waals surface area contributed by atoms with Gasteiger partial charge in [-0.2, -0.15) is 0 Å². The molecule has 0 aliphatic carbocycles. The minimum absolute atomic E-state index is 0.0782. The molecule has 2 aromatic rings. The van der Waals surface area contributed by atoms with Gasteiger partial charge in [0.25, 0.3) is 5.56 Å². The van der Waals surface area contributed by atoms with Gasteiger partial charge in [0.2, 0.25) is 0 Å². The van der Waals surface area contributed by atoms with Gasteiger partial charge in [-0.15, -0.1) is 0 Å². The topological polar surface area (TPSA) is 74.3 Å². The number of rotatable bonds is 9. The van der Waals surface area contributed by atoms with E-state index in [1.165, 1.54) is 5.56 Å². The molecule has 130 valence electrons. The molecule has 1 aromatic heterocycles. The van der Waals surface area contributed by atoms with Crippen molar-refractivity contribution in [2.75, 3.05) is 13.2 Å². The fraction of sp³-hybridized carbons (Fsp3) is 0.421. The summed E-state index contributed by atoms with van der Waals surface area (Å²) in [7, 11) is 0. The van der Waals surface area contributed by atoms with E-state index in [-0.39, 0.29) is 23.5 Å². The molecule has 0 aliphatic heterocycles. The van der Waals surface area contributed by atoms with Crippen molar-refractivity contribution in [3.05, 3.63) is 64.6 Å². The van der Waals surface area contributed by atoms with Gasteiger partial charge < -0.3 is 20.1 Å². The zero-order valence-electron chi connectivity index (χ0n) is 14.3. The van der Waals surface area contributed by atoms with Crippen molar-refractivity contribution in [1.29, 1.82) is 0 Å². The Labute approximate surface area is 142 Å². The van der Waals surface area contributed by atoms with E-state index in [9.17, 15) is 9.90 Å². The predicted octanol–water partition coefficient (Wildman–Crippen LogP) is 2.12. The lowest BCUT2D eigenvalue weighted by Gasteiger charge is -2.28. The van der Waals surface area contributed by atoms with Crippen molar-refractivity contribution < 1.29 is 9.84 Å². The summed E-state index contributed by atoms with van der Waals surface area (Å²) < 4.78 is 5.36. The molecular formula is C19H26N2O3. The summed E-state index contributed by atoms with van der Waals surface area (Å²) in [5.74, 6) is 0.222. The van der Waals surface area contributed by atoms with Gasteiger partial charge in [0.15, 0.2) is 5.75 Å². The molecule has 0 bridgehead atoms. The van der Waals surface area contributed by atoms with E-state index < -0.39 is 6.10 Å². The Morgan fingerprint density at radius 3 is 2.67 bits per heavy atom. The Kier molecular flexibility index (Phi) is 6.58. The van der Waals surface area contributed by atoms with E-state index in [4.69, 9.17) is 4.74 Å². The average Bonchev–Trinajstić information content (AvgIpc) is 2.59. The number of aliphatic hydroxyl groups is 1. The van der Waals surface area contributed by atoms with Crippen molar-refractivity contribution in [3.63, 3.8) is 0 Å². The third-order valence-electron chi connectivity index (χ3n) is 3.91. The highest BCUT2D eigenvalue weighted by atomic mass is 16.5. The molecule has 3 N–H and O–H groups in total. The van der Waals surface area contributed by atoms with Crippen LogP contribution in [0.25, 0.3) is 0 Å². The van der Waals surface area contributed by atoms with Gasteiger partial charge in [-0.25, -0.2) is 0 Å². The number of aromatic nitrogens is 1. The maximum Gasteiger partial charge on any atom is 0.290 e. The maximum atomic E-state index is 11.5. The molecule has 2 rings (SSSR count). The number of nitrogens with one attached hydrogen (secondary N) is 2. The highest BCUT2D eigenvalue weighted by molar-refractivity contribution is 5.16. The zero-order chi connectivity index (χ0) is 17.4. The second-order valence-corrected chi connectivity index (χ2v) is 6.58. The largest absolute Gasteiger partial charge is 0.485 e. The summed E-state index contributed by atoms with van der Waals surface area (Å²) in [5, 5.41) is 13.4. The van der Waals surface area contributed by atoms with E-state index >= 15 is 0 Å². The van der Waals surface area contributed by atoms with Crippen LogP contribution in [0, 0.1) is 0 Å². The molecule has 0 spiro atoms. The Balaban J connectivity index is 1.72. The molecule has 24 heavy (non-hydrogen) atoms. The van der Waals surface area contributed by atoms with Crippen LogP contribution in [0.2, 0.25) is 0 Å². The number of aromatic amines is 1. The monoisotopic (exact) mass is 330 g/mol. The smallest absolute Gasteiger partial charge is 0.290 e. The molecule has 0 fully saturated rings. The fourth-order valence-electron chi connectivity index (χ4n) is 2.35. The van der Waals surface area contributed by atoms with Gasteiger partial charge in [0.05, 0.1) is 0 Å². The van der Waals surface area contributed by atoms with Crippen LogP contribution >= 0.6 is 0 Å². The molecule has 1 atom stereocenters. The molecule has 0 amide bonds. The lowest BCUT2D eigenvalue weighted by Crippen LogP contribution is -2.45. The molecule has 0 aliphatic rings. The quantitative estimate of drug-likeness (QED) is 0.658. The lowest BCUT2D eigenvalue weighted by molar-refractivity contribution is 0.0974. The van der Waals surface area contributed by atoms with Gasteiger partial charge in [0, 0.05) is 18.3 Å². The van der Waals surface area contributed by atoms with Gasteiger partial charge in [-0.1, -0.05) is 30.3 Å². The number of hydrogen-bond donors (Lipinski definition) is 3. The van der Waals surface area contributed by atoms with Gasteiger partial charge in [0.1, 0.15) is 12.7 Å². The molecule has 5 nitrogen and oxygen atoms in total. The van der Waals surface area contributed by atoms with Crippen LogP contribution in [0.3, 0.4) is 0 Å². The van der Waals surface area contributed by atoms with Crippen LogP contribution in [0.5, 0.6) is 5.75 Å². The molecule has 5 heteroatoms. The highest BCUT2D eigenvalue weighted by Gasteiger charge is 2.18. The number of benzene rings is 1. The van der Waals surface area contributed by atoms with E-state index in [2.05, 4.69) is 36.3 Å². The van der Waals surface area contributed by atoms with E-state index in [0.29, 0.717) is 6.54 Å². The Hall–Kier alpha value is -2.11. The standard InChI is InChI=1S/C19H26N2O3/c1-19(2,11-10-15-7-4-3-5-8-15)21-13-16(22)14-24-17-9-6-12-20-18(17)23/h3-9,12,16,21-22H,10-11,13-14H2,1-2H3,(H,20,23). The molecule has 1 aromatic carbocycles. The fourth-order valence-corrected chi connectivity index (χ4v) is 2.35. The number of pyridine rings is 1. The molecule has 1 unspecified atom stereocenters. The first kappa shape index (κ1) is 18.2. The zero-order valence-corrected chi connectivity index (χ0v) is 14.3. The summed E-state index contributed by atoms with van der Waals surface area (Å²) in [6.45, 7) is 4.72. The second-order valence-electron chi connectivity index (χ2n) is 6.58. The summed E-state index contributed by atoms with van der Waals surface area (Å²) in [5.41, 5.74) is 0.918. The molecule has 1 heterocycles. The van der Waals surface area contributed by atoms with Crippen molar-refractivity contribution in [3.8, 4) is 5.75 Å². The summed E-state index contributed by atoms with van der Waals surface area (Å²) >= 11 is 0. The van der Waals surface area contributed by atoms with E-state index in [1.54, 1.807) is 18.3 Å². The number of H-pyrrole nitrogens is 1. The van der Waals surface area contributed by atoms with E-state index in [1.807, 2.05) is 18.2 Å². The maximum absolute atomic E-state index is 11.5. The number of hydrogen-bond acceptors (Lipinski definition) is 4. The third-order valence-corrected chi connectivity index (χ3v) is 3.91. The predicted molar refractivity (Wildman–Crippen MR) is 95.4 cm³/mol. The van der Waals surface area contributed by atoms with E-state index in [0.717, 1.165) is 12.8 Å². The SMILES string of the molecule is CC(C)(CCc1ccccc1)NCC(O)COc1ccc[nH]c1=O. The van der Waals surface area contributed by atoms with Crippen molar-refractivity contribution >= 4 is 0 Å². The molecule has 0 saturated heterocycles. The van der Waals surface area contributed by atoms with Crippen LogP contribution in [0.15, 0.2) is 53.5 Å². The number of β-amino-alcohol motifs (C(OH)–C–C–N with tert-alkyl or cyclic N) is 1. The minimum Gasteiger partial charge on any atom is -0.485 e. The minimum atomic E-state index is -0.680. The first-order chi connectivity index (χ1) is 11.5. The van der Waals surface area contributed by atoms with Gasteiger partial charge in [-0.3, -0.25) is 4.79 Å². The van der Waals surface area contributed by atoms with Crippen LogP contribution in [-0.2, 0) is 6.42 Å². The van der Waals surface area contributed by atoms with Crippen LogP contribution in [0.4, 0.5) is 0 Å². The Morgan fingerprint density at radius 2 is 1.96 bits per heavy atom. The summed E-state index contributed by atoms with van der Waals surface area (Å²) in [4.78, 5) is 14.0. The Morgan fingerprint density at radius 1 is 1.21 bits per heavy atom. The van der Waals surface area contributed by atoms with Crippen LogP contribution in [-0.4, -0.2) is 34.9 Å². The first-order valence-corrected chi connectivity index (χ1v) is 8.24. The normalized spacial score (nSPS) is 12.8. The molecule has 0 radical (unpaired) electrons. The summed E-state index contributed by atoms with van der Waals surface area (Å²) in [6.07, 6.45) is 2.80. The van der Waals surface area contributed by atoms with Gasteiger partial charge in [-0.05, 0) is 44.4 Å². The van der Waals surface area contributed by atoms with Crippen molar-refractivity contribution in [2.24, 2.45) is 0 Å². The first-order valence-electron chi connectivity index (χ1n) is 8.24. The highest BCUT2D eigenvalue weighted by Crippen LogP contribution is 2.13. The number of aryl methyl sites for hydroxylation is 1. The number of ether oxygens (including phenoxy) is 1. The second kappa shape index (κ2) is 8.66. The van der Waals surface area contributed by atoms with Gasteiger partial charge >= 0.3 is 0 Å². The summed E-state index contributed by atoms with van der Waals surface area (Å²) in [6, 6.07) is 13.6. The lowest BCUT2D eigenvalue weighted by atomic mass is 9.95. The van der Waals surface area contributed by atoms with Crippen LogP contribution in [0.1, 0.15) is 25.8 Å². The number of aliphatic hydroxyl groups excluding tert-OH is 1. The third kappa shape index (κ3) is 6.18. The molecule has 0 saturated carbocycles. The van der Waals surface area contributed by atoms with Crippen molar-refractivity contribution in [1.82, 2.24) is 10.3 Å². The van der Waals surface area contributed by atoms with Crippen molar-refractivity contribution in [2.45, 2.75) is 38.3 Å². The van der Waals surface area contributed by atoms with Crippen LogP contribution < -0.4 is 15.6 Å².